The third-order valence-corrected chi connectivity index (χ3v) is 2.13. The molecule has 0 amide bonds. The topological polar surface area (TPSA) is 87.3 Å². The van der Waals surface area contributed by atoms with Crippen molar-refractivity contribution in [2.24, 2.45) is 0 Å². The van der Waals surface area contributed by atoms with Crippen LogP contribution in [0.2, 0.25) is 0 Å². The van der Waals surface area contributed by atoms with Crippen molar-refractivity contribution in [2.45, 2.75) is 26.9 Å². The highest BCUT2D eigenvalue weighted by atomic mass is 16.5. The first-order valence-corrected chi connectivity index (χ1v) is 5.39. The van der Waals surface area contributed by atoms with Crippen LogP contribution in [0.4, 0.5) is 5.82 Å². The van der Waals surface area contributed by atoms with E-state index in [4.69, 9.17) is 10.5 Å². The first kappa shape index (κ1) is 13.4. The molecule has 0 aliphatic rings. The number of hydrogen-bond acceptors (Lipinski definition) is 6. The Morgan fingerprint density at radius 3 is 2.65 bits per heavy atom. The van der Waals surface area contributed by atoms with Crippen molar-refractivity contribution >= 4 is 11.8 Å². The fraction of sp³-hybridized carbons (Fsp3) is 0.545. The summed E-state index contributed by atoms with van der Waals surface area (Å²) < 4.78 is 9.91. The van der Waals surface area contributed by atoms with Gasteiger partial charge in [0.25, 0.3) is 0 Å². The number of anilines is 1. The summed E-state index contributed by atoms with van der Waals surface area (Å²) in [6.07, 6.45) is 0.925. The summed E-state index contributed by atoms with van der Waals surface area (Å²) in [5.74, 6) is 0.0709. The van der Waals surface area contributed by atoms with Crippen LogP contribution in [-0.2, 0) is 16.1 Å². The molecule has 17 heavy (non-hydrogen) atoms. The van der Waals surface area contributed by atoms with Crippen LogP contribution in [0, 0.1) is 6.92 Å². The van der Waals surface area contributed by atoms with E-state index in [0.717, 1.165) is 6.42 Å². The molecule has 0 saturated carbocycles. The van der Waals surface area contributed by atoms with Gasteiger partial charge in [-0.15, -0.1) is 0 Å². The largest absolute Gasteiger partial charge is 0.465 e. The number of carbonyl (C=O) groups excluding carboxylic acids is 1. The second-order valence-electron chi connectivity index (χ2n) is 3.53. The van der Waals surface area contributed by atoms with E-state index in [1.807, 2.05) is 6.92 Å². The van der Waals surface area contributed by atoms with Crippen LogP contribution in [0.15, 0.2) is 0 Å². The molecule has 0 aliphatic heterocycles. The Morgan fingerprint density at radius 2 is 2.12 bits per heavy atom. The molecule has 0 atom stereocenters. The van der Waals surface area contributed by atoms with Crippen LogP contribution in [0.25, 0.3) is 0 Å². The van der Waals surface area contributed by atoms with Crippen molar-refractivity contribution in [1.82, 2.24) is 9.97 Å². The van der Waals surface area contributed by atoms with Gasteiger partial charge in [0, 0.05) is 6.61 Å². The monoisotopic (exact) mass is 239 g/mol. The van der Waals surface area contributed by atoms with Gasteiger partial charge >= 0.3 is 5.97 Å². The van der Waals surface area contributed by atoms with E-state index in [0.29, 0.717) is 24.7 Å². The summed E-state index contributed by atoms with van der Waals surface area (Å²) >= 11 is 0. The lowest BCUT2D eigenvalue weighted by molar-refractivity contribution is 0.0599. The number of esters is 1. The van der Waals surface area contributed by atoms with Crippen LogP contribution < -0.4 is 5.73 Å². The van der Waals surface area contributed by atoms with Crippen molar-refractivity contribution in [3.05, 3.63) is 17.1 Å². The maximum Gasteiger partial charge on any atom is 0.343 e. The van der Waals surface area contributed by atoms with E-state index in [1.54, 1.807) is 6.92 Å². The number of nitrogens with two attached hydrogens (primary N) is 1. The predicted molar refractivity (Wildman–Crippen MR) is 62.5 cm³/mol. The normalized spacial score (nSPS) is 10.3. The van der Waals surface area contributed by atoms with Crippen LogP contribution in [0.5, 0.6) is 0 Å². The first-order chi connectivity index (χ1) is 8.10. The molecule has 0 unspecified atom stereocenters. The molecule has 0 aromatic carbocycles. The van der Waals surface area contributed by atoms with E-state index >= 15 is 0 Å². The predicted octanol–water partition coefficient (Wildman–Crippen LogP) is 1.08. The molecular weight excluding hydrogens is 222 g/mol. The molecule has 0 spiro atoms. The van der Waals surface area contributed by atoms with Crippen molar-refractivity contribution in [2.75, 3.05) is 19.5 Å². The van der Waals surface area contributed by atoms with Gasteiger partial charge in [-0.2, -0.15) is 0 Å². The lowest BCUT2D eigenvalue weighted by Crippen LogP contribution is -2.14. The van der Waals surface area contributed by atoms with Gasteiger partial charge in [0.05, 0.1) is 12.8 Å². The number of rotatable bonds is 5. The van der Waals surface area contributed by atoms with Crippen molar-refractivity contribution in [1.29, 1.82) is 0 Å². The molecule has 1 rings (SSSR count). The maximum absolute atomic E-state index is 11.4. The summed E-state index contributed by atoms with van der Waals surface area (Å²) in [6, 6.07) is 0. The van der Waals surface area contributed by atoms with Gasteiger partial charge in [-0.25, -0.2) is 14.8 Å². The highest BCUT2D eigenvalue weighted by Gasteiger charge is 2.17. The Labute approximate surface area is 100 Å². The van der Waals surface area contributed by atoms with Gasteiger partial charge in [0.1, 0.15) is 18.0 Å². The number of aromatic nitrogens is 2. The fourth-order valence-electron chi connectivity index (χ4n) is 1.38. The number of ether oxygens (including phenoxy) is 2. The van der Waals surface area contributed by atoms with Gasteiger partial charge in [-0.1, -0.05) is 6.92 Å². The lowest BCUT2D eigenvalue weighted by atomic mass is 10.2. The standard InChI is InChI=1S/C11H17N3O3/c1-4-5-17-6-8-13-7(2)9(10(12)14-8)11(15)16-3/h4-6H2,1-3H3,(H2,12,13,14). The molecule has 94 valence electrons. The van der Waals surface area contributed by atoms with E-state index < -0.39 is 5.97 Å². The average Bonchev–Trinajstić information content (AvgIpc) is 2.28. The molecule has 0 aliphatic carbocycles. The zero-order valence-electron chi connectivity index (χ0n) is 10.3. The molecule has 0 radical (unpaired) electrons. The summed E-state index contributed by atoms with van der Waals surface area (Å²) in [5, 5.41) is 0. The third kappa shape index (κ3) is 3.39. The minimum atomic E-state index is -0.527. The molecule has 1 aromatic rings. The van der Waals surface area contributed by atoms with Crippen molar-refractivity contribution in [3.63, 3.8) is 0 Å². The summed E-state index contributed by atoms with van der Waals surface area (Å²) in [7, 11) is 1.29. The van der Waals surface area contributed by atoms with E-state index in [-0.39, 0.29) is 11.4 Å². The van der Waals surface area contributed by atoms with Gasteiger partial charge in [-0.3, -0.25) is 0 Å². The van der Waals surface area contributed by atoms with Crippen LogP contribution in [0.1, 0.15) is 35.2 Å². The van der Waals surface area contributed by atoms with Gasteiger partial charge in [0.15, 0.2) is 5.82 Å². The minimum Gasteiger partial charge on any atom is -0.465 e. The second-order valence-corrected chi connectivity index (χ2v) is 3.53. The first-order valence-electron chi connectivity index (χ1n) is 5.39. The smallest absolute Gasteiger partial charge is 0.343 e. The molecule has 6 heteroatoms. The summed E-state index contributed by atoms with van der Waals surface area (Å²) in [6.45, 7) is 4.63. The molecule has 0 bridgehead atoms. The van der Waals surface area contributed by atoms with Crippen molar-refractivity contribution < 1.29 is 14.3 Å². The van der Waals surface area contributed by atoms with Crippen LogP contribution in [-0.4, -0.2) is 29.7 Å². The van der Waals surface area contributed by atoms with Gasteiger partial charge < -0.3 is 15.2 Å². The fourth-order valence-corrected chi connectivity index (χ4v) is 1.38. The molecule has 0 saturated heterocycles. The lowest BCUT2D eigenvalue weighted by Gasteiger charge is -2.08. The highest BCUT2D eigenvalue weighted by Crippen LogP contribution is 2.14. The molecule has 6 nitrogen and oxygen atoms in total. The van der Waals surface area contributed by atoms with Crippen molar-refractivity contribution in [3.8, 4) is 0 Å². The molecule has 1 heterocycles. The van der Waals surface area contributed by atoms with Crippen LogP contribution >= 0.6 is 0 Å². The molecular formula is C11H17N3O3. The average molecular weight is 239 g/mol. The number of methoxy groups -OCH3 is 1. The summed E-state index contributed by atoms with van der Waals surface area (Å²) in [5.41, 5.74) is 6.41. The van der Waals surface area contributed by atoms with E-state index in [1.165, 1.54) is 7.11 Å². The Hall–Kier alpha value is -1.69. The SMILES string of the molecule is CCCOCc1nc(C)c(C(=O)OC)c(N)n1. The van der Waals surface area contributed by atoms with Gasteiger partial charge in [-0.05, 0) is 13.3 Å². The molecule has 1 aromatic heterocycles. The summed E-state index contributed by atoms with van der Waals surface area (Å²) in [4.78, 5) is 19.6. The Bertz CT molecular complexity index is 384. The van der Waals surface area contributed by atoms with E-state index in [9.17, 15) is 4.79 Å². The Balaban J connectivity index is 2.89. The second kappa shape index (κ2) is 6.15. The number of nitrogens with zero attached hydrogens (tertiary/aromatic N) is 2. The number of nitrogen functional groups attached to an aromatic ring is 1. The molecule has 0 fully saturated rings. The van der Waals surface area contributed by atoms with E-state index in [2.05, 4.69) is 14.7 Å². The minimum absolute atomic E-state index is 0.124. The highest BCUT2D eigenvalue weighted by molar-refractivity contribution is 5.95. The Kier molecular flexibility index (Phi) is 4.84. The zero-order chi connectivity index (χ0) is 12.8. The number of carbonyl (C=O) groups is 1. The number of hydrogen-bond donors (Lipinski definition) is 1. The maximum atomic E-state index is 11.4. The Morgan fingerprint density at radius 1 is 1.41 bits per heavy atom. The molecule has 2 N–H and O–H groups in total. The zero-order valence-corrected chi connectivity index (χ0v) is 10.3. The van der Waals surface area contributed by atoms with Crippen LogP contribution in [0.3, 0.4) is 0 Å². The third-order valence-electron chi connectivity index (χ3n) is 2.13. The van der Waals surface area contributed by atoms with Gasteiger partial charge in [0.2, 0.25) is 0 Å². The number of aryl methyl sites for hydroxylation is 1. The quantitative estimate of drug-likeness (QED) is 0.611.